The molecule has 2 N–H and O–H groups in total. The second kappa shape index (κ2) is 8.50. The number of rotatable bonds is 6. The minimum absolute atomic E-state index is 0.116. The molecule has 0 heterocycles. The summed E-state index contributed by atoms with van der Waals surface area (Å²) in [5.41, 5.74) is 4.49. The Bertz CT molecular complexity index is 912. The van der Waals surface area contributed by atoms with Crippen molar-refractivity contribution in [3.8, 4) is 6.07 Å². The Hall–Kier alpha value is -3.58. The second-order valence-electron chi connectivity index (χ2n) is 5.91. The summed E-state index contributed by atoms with van der Waals surface area (Å²) >= 11 is 0. The van der Waals surface area contributed by atoms with Crippen molar-refractivity contribution in [3.05, 3.63) is 95.6 Å². The van der Waals surface area contributed by atoms with Gasteiger partial charge in [0.15, 0.2) is 0 Å². The number of nitrogens with zero attached hydrogens (tertiary/aromatic N) is 1. The van der Waals surface area contributed by atoms with Crippen LogP contribution in [0.15, 0.2) is 78.9 Å². The van der Waals surface area contributed by atoms with Crippen molar-refractivity contribution in [1.82, 2.24) is 0 Å². The summed E-state index contributed by atoms with van der Waals surface area (Å²) in [5, 5.41) is 14.8. The third-order valence-corrected chi connectivity index (χ3v) is 4.00. The lowest BCUT2D eigenvalue weighted by molar-refractivity contribution is -0.114. The summed E-state index contributed by atoms with van der Waals surface area (Å²) in [6.45, 7) is 0.158. The molecule has 128 valence electrons. The first kappa shape index (κ1) is 17.2. The smallest absolute Gasteiger partial charge is 0.243 e. The monoisotopic (exact) mass is 341 g/mol. The average molecular weight is 341 g/mol. The van der Waals surface area contributed by atoms with Crippen LogP contribution in [0.1, 0.15) is 16.7 Å². The zero-order valence-electron chi connectivity index (χ0n) is 14.3. The highest BCUT2D eigenvalue weighted by Crippen LogP contribution is 2.19. The maximum Gasteiger partial charge on any atom is 0.243 e. The van der Waals surface area contributed by atoms with Gasteiger partial charge in [-0.2, -0.15) is 5.26 Å². The molecule has 0 unspecified atom stereocenters. The van der Waals surface area contributed by atoms with Gasteiger partial charge in [0, 0.05) is 11.4 Å². The third-order valence-electron chi connectivity index (χ3n) is 4.00. The van der Waals surface area contributed by atoms with Gasteiger partial charge in [-0.1, -0.05) is 48.5 Å². The Balaban J connectivity index is 1.61. The van der Waals surface area contributed by atoms with E-state index in [4.69, 9.17) is 5.26 Å². The first-order chi connectivity index (χ1) is 12.7. The van der Waals surface area contributed by atoms with Gasteiger partial charge in [-0.15, -0.1) is 0 Å². The molecule has 0 aliphatic heterocycles. The van der Waals surface area contributed by atoms with Crippen LogP contribution in [0.3, 0.4) is 0 Å². The summed E-state index contributed by atoms with van der Waals surface area (Å²) in [5.74, 6) is -0.116. The van der Waals surface area contributed by atoms with Gasteiger partial charge in [0.05, 0.1) is 18.2 Å². The molecule has 0 atom stereocenters. The molecule has 3 aromatic rings. The van der Waals surface area contributed by atoms with E-state index in [9.17, 15) is 4.79 Å². The highest BCUT2D eigenvalue weighted by Gasteiger charge is 2.07. The van der Waals surface area contributed by atoms with Crippen molar-refractivity contribution >= 4 is 17.3 Å². The first-order valence-corrected chi connectivity index (χ1v) is 8.40. The standard InChI is InChI=1S/C22H19N3O/c23-15-18-10-12-20(13-11-18)24-16-22(26)25-21-9-5-4-8-19(21)14-17-6-2-1-3-7-17/h1-13,24H,14,16H2,(H,25,26). The van der Waals surface area contributed by atoms with Crippen molar-refractivity contribution in [2.24, 2.45) is 0 Å². The third kappa shape index (κ3) is 4.71. The summed E-state index contributed by atoms with van der Waals surface area (Å²) in [4.78, 5) is 12.3. The zero-order valence-corrected chi connectivity index (χ0v) is 14.3. The van der Waals surface area contributed by atoms with Crippen LogP contribution in [0, 0.1) is 11.3 Å². The molecule has 4 nitrogen and oxygen atoms in total. The molecule has 4 heteroatoms. The molecule has 0 radical (unpaired) electrons. The lowest BCUT2D eigenvalue weighted by Crippen LogP contribution is -2.22. The van der Waals surface area contributed by atoms with E-state index in [1.54, 1.807) is 24.3 Å². The van der Waals surface area contributed by atoms with E-state index in [2.05, 4.69) is 28.8 Å². The van der Waals surface area contributed by atoms with E-state index in [1.165, 1.54) is 5.56 Å². The van der Waals surface area contributed by atoms with Crippen LogP contribution in [-0.2, 0) is 11.2 Å². The van der Waals surface area contributed by atoms with E-state index >= 15 is 0 Å². The number of para-hydroxylation sites is 1. The van der Waals surface area contributed by atoms with Crippen molar-refractivity contribution in [3.63, 3.8) is 0 Å². The largest absolute Gasteiger partial charge is 0.376 e. The second-order valence-corrected chi connectivity index (χ2v) is 5.91. The van der Waals surface area contributed by atoms with Crippen LogP contribution in [0.2, 0.25) is 0 Å². The van der Waals surface area contributed by atoms with Gasteiger partial charge in [0.1, 0.15) is 0 Å². The van der Waals surface area contributed by atoms with E-state index in [1.807, 2.05) is 42.5 Å². The van der Waals surface area contributed by atoms with Crippen molar-refractivity contribution in [2.75, 3.05) is 17.2 Å². The topological polar surface area (TPSA) is 64.9 Å². The maximum atomic E-state index is 12.3. The molecule has 3 aromatic carbocycles. The molecule has 0 spiro atoms. The van der Waals surface area contributed by atoms with Gasteiger partial charge in [-0.05, 0) is 47.9 Å². The summed E-state index contributed by atoms with van der Waals surface area (Å²) < 4.78 is 0. The Morgan fingerprint density at radius 3 is 2.31 bits per heavy atom. The number of benzene rings is 3. The number of carbonyl (C=O) groups is 1. The fourth-order valence-corrected chi connectivity index (χ4v) is 2.65. The minimum Gasteiger partial charge on any atom is -0.376 e. The van der Waals surface area contributed by atoms with E-state index in [0.717, 1.165) is 23.4 Å². The SMILES string of the molecule is N#Cc1ccc(NCC(=O)Nc2ccccc2Cc2ccccc2)cc1. The van der Waals surface area contributed by atoms with Crippen molar-refractivity contribution in [1.29, 1.82) is 5.26 Å². The molecule has 0 saturated carbocycles. The molecule has 0 saturated heterocycles. The van der Waals surface area contributed by atoms with E-state index < -0.39 is 0 Å². The molecule has 0 aliphatic carbocycles. The number of hydrogen-bond donors (Lipinski definition) is 2. The number of hydrogen-bond acceptors (Lipinski definition) is 3. The number of nitriles is 1. The predicted octanol–water partition coefficient (Wildman–Crippen LogP) is 4.20. The summed E-state index contributed by atoms with van der Waals surface area (Å²) in [6.07, 6.45) is 0.764. The number of nitrogens with one attached hydrogen (secondary N) is 2. The maximum absolute atomic E-state index is 12.3. The molecular weight excluding hydrogens is 322 g/mol. The fraction of sp³-hybridized carbons (Fsp3) is 0.0909. The molecule has 0 bridgehead atoms. The normalized spacial score (nSPS) is 9.96. The summed E-state index contributed by atoms with van der Waals surface area (Å²) in [6, 6.07) is 27.1. The minimum atomic E-state index is -0.116. The van der Waals surface area contributed by atoms with Gasteiger partial charge < -0.3 is 10.6 Å². The van der Waals surface area contributed by atoms with Gasteiger partial charge in [0.25, 0.3) is 0 Å². The van der Waals surface area contributed by atoms with Crippen molar-refractivity contribution < 1.29 is 4.79 Å². The molecule has 3 rings (SSSR count). The van der Waals surface area contributed by atoms with Crippen molar-refractivity contribution in [2.45, 2.75) is 6.42 Å². The fourth-order valence-electron chi connectivity index (χ4n) is 2.65. The van der Waals surface area contributed by atoms with Gasteiger partial charge in [-0.25, -0.2) is 0 Å². The van der Waals surface area contributed by atoms with Gasteiger partial charge in [-0.3, -0.25) is 4.79 Å². The molecule has 0 aliphatic rings. The van der Waals surface area contributed by atoms with E-state index in [-0.39, 0.29) is 12.5 Å². The van der Waals surface area contributed by atoms with Crippen LogP contribution in [0.25, 0.3) is 0 Å². The average Bonchev–Trinajstić information content (AvgIpc) is 2.69. The molecule has 26 heavy (non-hydrogen) atoms. The molecule has 0 aromatic heterocycles. The Kier molecular flexibility index (Phi) is 5.64. The molecule has 1 amide bonds. The van der Waals surface area contributed by atoms with E-state index in [0.29, 0.717) is 5.56 Å². The highest BCUT2D eigenvalue weighted by atomic mass is 16.1. The molecule has 0 fully saturated rings. The lowest BCUT2D eigenvalue weighted by Gasteiger charge is -2.12. The van der Waals surface area contributed by atoms with Crippen LogP contribution in [-0.4, -0.2) is 12.5 Å². The van der Waals surface area contributed by atoms with Gasteiger partial charge in [0.2, 0.25) is 5.91 Å². The van der Waals surface area contributed by atoms with Crippen LogP contribution >= 0.6 is 0 Å². The Morgan fingerprint density at radius 2 is 1.58 bits per heavy atom. The number of amides is 1. The first-order valence-electron chi connectivity index (χ1n) is 8.40. The lowest BCUT2D eigenvalue weighted by atomic mass is 10.0. The Morgan fingerprint density at radius 1 is 0.885 bits per heavy atom. The zero-order chi connectivity index (χ0) is 18.2. The van der Waals surface area contributed by atoms with Crippen LogP contribution in [0.4, 0.5) is 11.4 Å². The highest BCUT2D eigenvalue weighted by molar-refractivity contribution is 5.94. The van der Waals surface area contributed by atoms with Crippen LogP contribution < -0.4 is 10.6 Å². The predicted molar refractivity (Wildman–Crippen MR) is 104 cm³/mol. The number of anilines is 2. The molecular formula is C22H19N3O. The summed E-state index contributed by atoms with van der Waals surface area (Å²) in [7, 11) is 0. The number of carbonyl (C=O) groups excluding carboxylic acids is 1. The van der Waals surface area contributed by atoms with Gasteiger partial charge >= 0.3 is 0 Å². The van der Waals surface area contributed by atoms with Crippen LogP contribution in [0.5, 0.6) is 0 Å². The quantitative estimate of drug-likeness (QED) is 0.706. The Labute approximate surface area is 153 Å².